The highest BCUT2D eigenvalue weighted by Gasteiger charge is 2.27. The van der Waals surface area contributed by atoms with Crippen LogP contribution < -0.4 is 0 Å². The predicted molar refractivity (Wildman–Crippen MR) is 145 cm³/mol. The Morgan fingerprint density at radius 1 is 1.03 bits per heavy atom. The molecule has 0 unspecified atom stereocenters. The zero-order chi connectivity index (χ0) is 25.4. The summed E-state index contributed by atoms with van der Waals surface area (Å²) in [6, 6.07) is 14.4. The second-order valence-corrected chi connectivity index (χ2v) is 9.15. The van der Waals surface area contributed by atoms with Crippen molar-refractivity contribution in [3.63, 3.8) is 0 Å². The average molecular weight is 490 g/mol. The van der Waals surface area contributed by atoms with Gasteiger partial charge in [-0.05, 0) is 55.0 Å². The van der Waals surface area contributed by atoms with Gasteiger partial charge in [0, 0.05) is 28.6 Å². The minimum Gasteiger partial charge on any atom is -0.332 e. The first-order chi connectivity index (χ1) is 17.0. The Morgan fingerprint density at radius 3 is 2.40 bits per heavy atom. The lowest BCUT2D eigenvalue weighted by molar-refractivity contribution is 0.0730. The Kier molecular flexibility index (Phi) is 9.38. The molecule has 0 N–H and O–H groups in total. The number of amides is 1. The molecule has 0 bridgehead atoms. The number of carbonyl (C=O) groups is 2. The monoisotopic (exact) mass is 489 g/mol. The average Bonchev–Trinajstić information content (AvgIpc) is 3.54. The van der Waals surface area contributed by atoms with Crippen molar-refractivity contribution in [1.29, 1.82) is 0 Å². The lowest BCUT2D eigenvalue weighted by Crippen LogP contribution is -2.36. The minimum atomic E-state index is -0.0212. The van der Waals surface area contributed by atoms with Crippen LogP contribution in [0, 0.1) is 0 Å². The number of nitrogens with zero attached hydrogens (tertiary/aromatic N) is 3. The number of benzene rings is 1. The first kappa shape index (κ1) is 26.4. The summed E-state index contributed by atoms with van der Waals surface area (Å²) in [4.78, 5) is 31.7. The van der Waals surface area contributed by atoms with Gasteiger partial charge < -0.3 is 4.90 Å². The van der Waals surface area contributed by atoms with E-state index in [1.165, 1.54) is 11.1 Å². The van der Waals surface area contributed by atoms with Crippen molar-refractivity contribution >= 4 is 28.7 Å². The van der Waals surface area contributed by atoms with E-state index < -0.39 is 0 Å². The lowest BCUT2D eigenvalue weighted by atomic mass is 10.0. The number of hydrogen-bond donors (Lipinski definition) is 0. The topological polar surface area (TPSA) is 54.7 Å². The highest BCUT2D eigenvalue weighted by Crippen LogP contribution is 2.29. The van der Waals surface area contributed by atoms with Gasteiger partial charge in [-0.15, -0.1) is 11.3 Å². The summed E-state index contributed by atoms with van der Waals surface area (Å²) in [5.74, 6) is 0.0798. The van der Waals surface area contributed by atoms with Crippen LogP contribution in [0.15, 0.2) is 60.2 Å². The highest BCUT2D eigenvalue weighted by atomic mass is 32.1. The molecule has 0 aliphatic carbocycles. The number of Topliss-reactive ketones (excluding diaryl/α,β-unsaturated/α-hetero) is 1. The fourth-order valence-electron chi connectivity index (χ4n) is 4.12. The maximum Gasteiger partial charge on any atom is 0.272 e. The minimum absolute atomic E-state index is 0.0212. The van der Waals surface area contributed by atoms with Gasteiger partial charge in [-0.2, -0.15) is 0 Å². The van der Waals surface area contributed by atoms with Gasteiger partial charge in [-0.1, -0.05) is 58.0 Å². The molecule has 35 heavy (non-hydrogen) atoms. The third kappa shape index (κ3) is 6.06. The molecule has 1 aliphatic heterocycles. The van der Waals surface area contributed by atoms with Crippen molar-refractivity contribution in [2.24, 2.45) is 0 Å². The number of rotatable bonds is 4. The molecule has 3 aromatic heterocycles. The number of pyridine rings is 1. The van der Waals surface area contributed by atoms with Crippen LogP contribution in [0.5, 0.6) is 0 Å². The molecule has 5 rings (SSSR count). The number of hydrogen-bond acceptors (Lipinski definition) is 4. The third-order valence-corrected chi connectivity index (χ3v) is 7.07. The summed E-state index contributed by atoms with van der Waals surface area (Å²) in [5, 5.41) is 1.91. The summed E-state index contributed by atoms with van der Waals surface area (Å²) < 4.78 is 1.81. The molecule has 0 fully saturated rings. The summed E-state index contributed by atoms with van der Waals surface area (Å²) in [5.41, 5.74) is 6.16. The molecule has 4 aromatic rings. The van der Waals surface area contributed by atoms with E-state index in [9.17, 15) is 9.59 Å². The van der Waals surface area contributed by atoms with E-state index in [2.05, 4.69) is 43.1 Å². The fraction of sp³-hybridized carbons (Fsp3) is 0.345. The Bertz CT molecular complexity index is 1270. The van der Waals surface area contributed by atoms with Crippen molar-refractivity contribution < 1.29 is 9.59 Å². The van der Waals surface area contributed by atoms with Gasteiger partial charge in [0.15, 0.2) is 5.78 Å². The van der Waals surface area contributed by atoms with Gasteiger partial charge >= 0.3 is 0 Å². The van der Waals surface area contributed by atoms with Crippen LogP contribution in [0.2, 0.25) is 0 Å². The van der Waals surface area contributed by atoms with Crippen LogP contribution in [0.1, 0.15) is 77.0 Å². The zero-order valence-corrected chi connectivity index (χ0v) is 22.2. The molecule has 6 heteroatoms. The number of imidazole rings is 1. The molecule has 4 heterocycles. The van der Waals surface area contributed by atoms with E-state index in [0.29, 0.717) is 18.8 Å². The number of aryl methyl sites for hydroxylation is 2. The molecule has 0 saturated heterocycles. The van der Waals surface area contributed by atoms with Crippen LogP contribution in [-0.2, 0) is 25.8 Å². The van der Waals surface area contributed by atoms with Crippen LogP contribution >= 0.6 is 11.3 Å². The lowest BCUT2D eigenvalue weighted by Gasteiger charge is -2.27. The molecule has 0 radical (unpaired) electrons. The van der Waals surface area contributed by atoms with Crippen LogP contribution in [0.3, 0.4) is 0 Å². The zero-order valence-electron chi connectivity index (χ0n) is 21.4. The number of ketones is 1. The maximum absolute atomic E-state index is 12.8. The highest BCUT2D eigenvalue weighted by molar-refractivity contribution is 7.10. The summed E-state index contributed by atoms with van der Waals surface area (Å²) in [7, 11) is 0. The molecule has 1 aliphatic rings. The van der Waals surface area contributed by atoms with E-state index in [1.807, 2.05) is 52.9 Å². The van der Waals surface area contributed by atoms with Crippen LogP contribution in [-0.4, -0.2) is 32.5 Å². The quantitative estimate of drug-likeness (QED) is 0.302. The van der Waals surface area contributed by atoms with Crippen LogP contribution in [0.4, 0.5) is 0 Å². The smallest absolute Gasteiger partial charge is 0.272 e. The molecule has 0 saturated carbocycles. The number of carbonyl (C=O) groups excluding carboxylic acids is 2. The SMILES string of the molecule is CC.CC(=O)c1csc2c1CCN(C(=O)c1cnc3ccccn13)C2.CCc1cccc(CC)c1. The second-order valence-electron chi connectivity index (χ2n) is 8.18. The number of aromatic nitrogens is 2. The van der Waals surface area contributed by atoms with Crippen LogP contribution in [0.25, 0.3) is 5.65 Å². The molecule has 184 valence electrons. The van der Waals surface area contributed by atoms with Gasteiger partial charge in [-0.25, -0.2) is 4.98 Å². The van der Waals surface area contributed by atoms with E-state index >= 15 is 0 Å². The van der Waals surface area contributed by atoms with E-state index in [0.717, 1.165) is 40.9 Å². The Hall–Kier alpha value is -3.25. The Morgan fingerprint density at radius 2 is 1.74 bits per heavy atom. The molecule has 5 nitrogen and oxygen atoms in total. The number of thiophene rings is 1. The summed E-state index contributed by atoms with van der Waals surface area (Å²) in [6.07, 6.45) is 6.50. The van der Waals surface area contributed by atoms with Gasteiger partial charge in [0.05, 0.1) is 12.7 Å². The number of fused-ring (bicyclic) bond motifs is 2. The standard InChI is InChI=1S/C17H15N3O2S.C10H14.C2H6/c1-11(21)13-10-23-15-9-19(7-5-12(13)15)17(22)14-8-18-16-4-2-3-6-20(14)16;1-3-9-6-5-7-10(4-2)8-9;1-2/h2-4,6,8,10H,5,7,9H2,1H3;5-8H,3-4H2,1-2H3;1-2H3. The van der Waals surface area contributed by atoms with E-state index in [4.69, 9.17) is 0 Å². The third-order valence-electron chi connectivity index (χ3n) is 6.06. The first-order valence-corrected chi connectivity index (χ1v) is 13.3. The predicted octanol–water partition coefficient (Wildman–Crippen LogP) is 6.63. The molecule has 0 atom stereocenters. The molecular formula is C29H35N3O2S. The van der Waals surface area contributed by atoms with Crippen molar-refractivity contribution in [1.82, 2.24) is 14.3 Å². The maximum atomic E-state index is 12.8. The summed E-state index contributed by atoms with van der Waals surface area (Å²) >= 11 is 1.57. The molecule has 1 aromatic carbocycles. The van der Waals surface area contributed by atoms with Gasteiger partial charge in [0.2, 0.25) is 0 Å². The summed E-state index contributed by atoms with van der Waals surface area (Å²) in [6.45, 7) is 11.2. The van der Waals surface area contributed by atoms with Gasteiger partial charge in [0.1, 0.15) is 11.3 Å². The Labute approximate surface area is 212 Å². The second kappa shape index (κ2) is 12.5. The fourth-order valence-corrected chi connectivity index (χ4v) is 5.27. The van der Waals surface area contributed by atoms with Crippen molar-refractivity contribution in [2.75, 3.05) is 6.54 Å². The first-order valence-electron chi connectivity index (χ1n) is 12.4. The van der Waals surface area contributed by atoms with Crippen molar-refractivity contribution in [2.45, 2.75) is 60.4 Å². The van der Waals surface area contributed by atoms with Crippen molar-refractivity contribution in [3.05, 3.63) is 93.1 Å². The van der Waals surface area contributed by atoms with E-state index in [-0.39, 0.29) is 11.7 Å². The largest absolute Gasteiger partial charge is 0.332 e. The molecular weight excluding hydrogens is 454 g/mol. The Balaban J connectivity index is 0.000000240. The molecule has 0 spiro atoms. The van der Waals surface area contributed by atoms with Gasteiger partial charge in [-0.3, -0.25) is 14.0 Å². The van der Waals surface area contributed by atoms with Crippen molar-refractivity contribution in [3.8, 4) is 0 Å². The molecule has 1 amide bonds. The normalized spacial score (nSPS) is 12.2. The van der Waals surface area contributed by atoms with Gasteiger partial charge in [0.25, 0.3) is 5.91 Å². The van der Waals surface area contributed by atoms with E-state index in [1.54, 1.807) is 24.5 Å².